The molecule has 2 aromatic rings. The lowest BCUT2D eigenvalue weighted by Crippen LogP contribution is -2.39. The lowest BCUT2D eigenvalue weighted by Gasteiger charge is -2.32. The Morgan fingerprint density at radius 3 is 2.44 bits per heavy atom. The number of anilines is 1. The first-order valence-electron chi connectivity index (χ1n) is 9.15. The fraction of sp³-hybridized carbons (Fsp3) is 0.273. The highest BCUT2D eigenvalue weighted by atomic mass is 16.3. The summed E-state index contributed by atoms with van der Waals surface area (Å²) in [6.45, 7) is 1.35. The first-order chi connectivity index (χ1) is 13.2. The quantitative estimate of drug-likeness (QED) is 0.484. The van der Waals surface area contributed by atoms with Gasteiger partial charge in [0.2, 0.25) is 0 Å². The van der Waals surface area contributed by atoms with E-state index in [1.807, 2.05) is 12.1 Å². The standard InChI is InChI=1S/C22H23N3O2/c23-15-19(16-24-20-6-8-21(26)9-7-20)22(27)25-12-10-18(11-13-25)14-17-4-2-1-3-5-17/h1-9,16,18,24,26H,10-14H2/b19-16-. The van der Waals surface area contributed by atoms with Gasteiger partial charge < -0.3 is 15.3 Å². The molecule has 2 aromatic carbocycles. The van der Waals surface area contributed by atoms with Crippen molar-refractivity contribution >= 4 is 11.6 Å². The molecule has 0 atom stereocenters. The molecule has 1 heterocycles. The van der Waals surface area contributed by atoms with Crippen LogP contribution >= 0.6 is 0 Å². The van der Waals surface area contributed by atoms with E-state index in [9.17, 15) is 15.2 Å². The minimum Gasteiger partial charge on any atom is -0.508 e. The van der Waals surface area contributed by atoms with Crippen LogP contribution in [0.1, 0.15) is 18.4 Å². The van der Waals surface area contributed by atoms with Crippen molar-refractivity contribution in [3.8, 4) is 11.8 Å². The van der Waals surface area contributed by atoms with Crippen LogP contribution < -0.4 is 5.32 Å². The van der Waals surface area contributed by atoms with Crippen molar-refractivity contribution in [2.45, 2.75) is 19.3 Å². The van der Waals surface area contributed by atoms with Crippen LogP contribution in [0, 0.1) is 17.2 Å². The molecule has 1 aliphatic heterocycles. The molecule has 1 aliphatic rings. The number of hydrogen-bond donors (Lipinski definition) is 2. The van der Waals surface area contributed by atoms with Gasteiger partial charge in [0.05, 0.1) is 0 Å². The van der Waals surface area contributed by atoms with Gasteiger partial charge in [0.1, 0.15) is 17.4 Å². The summed E-state index contributed by atoms with van der Waals surface area (Å²) in [5.74, 6) is 0.502. The molecule has 0 unspecified atom stereocenters. The molecule has 2 N–H and O–H groups in total. The summed E-state index contributed by atoms with van der Waals surface area (Å²) in [6.07, 6.45) is 4.37. The van der Waals surface area contributed by atoms with Crippen LogP contribution in [0.25, 0.3) is 0 Å². The molecular formula is C22H23N3O2. The SMILES string of the molecule is N#C/C(=C/Nc1ccc(O)cc1)C(=O)N1CCC(Cc2ccccc2)CC1. The molecule has 3 rings (SSSR count). The molecule has 0 radical (unpaired) electrons. The van der Waals surface area contributed by atoms with Crippen molar-refractivity contribution in [1.82, 2.24) is 4.90 Å². The third kappa shape index (κ3) is 5.11. The van der Waals surface area contributed by atoms with Crippen molar-refractivity contribution in [3.63, 3.8) is 0 Å². The van der Waals surface area contributed by atoms with Crippen molar-refractivity contribution in [2.75, 3.05) is 18.4 Å². The normalized spacial score (nSPS) is 15.2. The van der Waals surface area contributed by atoms with Gasteiger partial charge in [-0.05, 0) is 55.0 Å². The van der Waals surface area contributed by atoms with E-state index in [1.165, 1.54) is 11.8 Å². The van der Waals surface area contributed by atoms with Crippen LogP contribution in [-0.2, 0) is 11.2 Å². The molecule has 0 spiro atoms. The maximum absolute atomic E-state index is 12.6. The number of carbonyl (C=O) groups excluding carboxylic acids is 1. The number of nitriles is 1. The predicted octanol–water partition coefficient (Wildman–Crippen LogP) is 3.69. The number of nitrogens with one attached hydrogen (secondary N) is 1. The third-order valence-electron chi connectivity index (χ3n) is 4.87. The zero-order chi connectivity index (χ0) is 19.1. The van der Waals surface area contributed by atoms with Crippen LogP contribution in [-0.4, -0.2) is 29.0 Å². The van der Waals surface area contributed by atoms with Gasteiger partial charge in [-0.25, -0.2) is 0 Å². The molecule has 5 nitrogen and oxygen atoms in total. The summed E-state index contributed by atoms with van der Waals surface area (Å²) in [7, 11) is 0. The molecule has 1 fully saturated rings. The van der Waals surface area contributed by atoms with Crippen LogP contribution in [0.15, 0.2) is 66.4 Å². The second kappa shape index (κ2) is 8.91. The van der Waals surface area contributed by atoms with E-state index in [-0.39, 0.29) is 17.2 Å². The van der Waals surface area contributed by atoms with Gasteiger partial charge in [0.25, 0.3) is 5.91 Å². The van der Waals surface area contributed by atoms with Crippen LogP contribution in [0.5, 0.6) is 5.75 Å². The molecule has 27 heavy (non-hydrogen) atoms. The highest BCUT2D eigenvalue weighted by Crippen LogP contribution is 2.23. The lowest BCUT2D eigenvalue weighted by molar-refractivity contribution is -0.128. The maximum atomic E-state index is 12.6. The zero-order valence-corrected chi connectivity index (χ0v) is 15.1. The monoisotopic (exact) mass is 361 g/mol. The van der Waals surface area contributed by atoms with Gasteiger partial charge in [0, 0.05) is 25.0 Å². The predicted molar refractivity (Wildman–Crippen MR) is 105 cm³/mol. The second-order valence-electron chi connectivity index (χ2n) is 6.79. The summed E-state index contributed by atoms with van der Waals surface area (Å²) in [4.78, 5) is 14.4. The van der Waals surface area contributed by atoms with Crippen LogP contribution in [0.3, 0.4) is 0 Å². The summed E-state index contributed by atoms with van der Waals surface area (Å²) in [6, 6.07) is 18.9. The van der Waals surface area contributed by atoms with Crippen LogP contribution in [0.4, 0.5) is 5.69 Å². The number of hydrogen-bond acceptors (Lipinski definition) is 4. The van der Waals surface area contributed by atoms with Crippen molar-refractivity contribution in [1.29, 1.82) is 5.26 Å². The molecule has 0 aromatic heterocycles. The Balaban J connectivity index is 1.54. The largest absolute Gasteiger partial charge is 0.508 e. The topological polar surface area (TPSA) is 76.4 Å². The summed E-state index contributed by atoms with van der Waals surface area (Å²) in [5, 5.41) is 21.6. The molecule has 138 valence electrons. The number of nitrogens with zero attached hydrogens (tertiary/aromatic N) is 2. The average molecular weight is 361 g/mol. The Bertz CT molecular complexity index is 830. The van der Waals surface area contributed by atoms with E-state index >= 15 is 0 Å². The van der Waals surface area contributed by atoms with E-state index in [1.54, 1.807) is 29.2 Å². The highest BCUT2D eigenvalue weighted by Gasteiger charge is 2.25. The number of amides is 1. The van der Waals surface area contributed by atoms with Crippen molar-refractivity contribution in [3.05, 3.63) is 71.9 Å². The molecule has 0 saturated carbocycles. The highest BCUT2D eigenvalue weighted by molar-refractivity contribution is 5.97. The van der Waals surface area contributed by atoms with Crippen molar-refractivity contribution in [2.24, 2.45) is 5.92 Å². The lowest BCUT2D eigenvalue weighted by atomic mass is 9.90. The number of rotatable bonds is 5. The third-order valence-corrected chi connectivity index (χ3v) is 4.87. The number of aromatic hydroxyl groups is 1. The van der Waals surface area contributed by atoms with E-state index < -0.39 is 0 Å². The van der Waals surface area contributed by atoms with E-state index in [0.29, 0.717) is 24.7 Å². The number of piperidine rings is 1. The fourth-order valence-electron chi connectivity index (χ4n) is 3.31. The van der Waals surface area contributed by atoms with Crippen LogP contribution in [0.2, 0.25) is 0 Å². The van der Waals surface area contributed by atoms with Gasteiger partial charge in [-0.3, -0.25) is 4.79 Å². The first kappa shape index (κ1) is 18.5. The van der Waals surface area contributed by atoms with Crippen molar-refractivity contribution < 1.29 is 9.90 Å². The number of phenols is 1. The summed E-state index contributed by atoms with van der Waals surface area (Å²) in [5.41, 5.74) is 2.12. The average Bonchev–Trinajstić information content (AvgIpc) is 2.71. The maximum Gasteiger partial charge on any atom is 0.266 e. The molecule has 5 heteroatoms. The van der Waals surface area contributed by atoms with E-state index in [2.05, 4.69) is 29.6 Å². The number of phenolic OH excluding ortho intramolecular Hbond substituents is 1. The molecule has 1 saturated heterocycles. The Morgan fingerprint density at radius 2 is 1.81 bits per heavy atom. The zero-order valence-electron chi connectivity index (χ0n) is 15.1. The second-order valence-corrected chi connectivity index (χ2v) is 6.79. The summed E-state index contributed by atoms with van der Waals surface area (Å²) >= 11 is 0. The molecule has 1 amide bonds. The Hall–Kier alpha value is -3.26. The molecule has 0 bridgehead atoms. The first-order valence-corrected chi connectivity index (χ1v) is 9.15. The van der Waals surface area contributed by atoms with E-state index in [0.717, 1.165) is 19.3 Å². The summed E-state index contributed by atoms with van der Waals surface area (Å²) < 4.78 is 0. The minimum absolute atomic E-state index is 0.0876. The molecule has 0 aliphatic carbocycles. The van der Waals surface area contributed by atoms with Gasteiger partial charge in [-0.2, -0.15) is 5.26 Å². The number of likely N-dealkylation sites (tertiary alicyclic amines) is 1. The van der Waals surface area contributed by atoms with Gasteiger partial charge >= 0.3 is 0 Å². The van der Waals surface area contributed by atoms with E-state index in [4.69, 9.17) is 0 Å². The number of benzene rings is 2. The number of carbonyl (C=O) groups is 1. The van der Waals surface area contributed by atoms with Gasteiger partial charge in [-0.15, -0.1) is 0 Å². The smallest absolute Gasteiger partial charge is 0.266 e. The van der Waals surface area contributed by atoms with Gasteiger partial charge in [-0.1, -0.05) is 30.3 Å². The Morgan fingerprint density at radius 1 is 1.15 bits per heavy atom. The minimum atomic E-state index is -0.234. The van der Waals surface area contributed by atoms with Gasteiger partial charge in [0.15, 0.2) is 0 Å². The Kier molecular flexibility index (Phi) is 6.11. The Labute approximate surface area is 159 Å². The molecular weight excluding hydrogens is 338 g/mol. The fourth-order valence-corrected chi connectivity index (χ4v) is 3.31.